The van der Waals surface area contributed by atoms with Gasteiger partial charge in [-0.05, 0) is 43.5 Å². The van der Waals surface area contributed by atoms with Crippen LogP contribution in [0, 0.1) is 0 Å². The summed E-state index contributed by atoms with van der Waals surface area (Å²) in [6, 6.07) is 16.1. The Bertz CT molecular complexity index is 768. The first kappa shape index (κ1) is 22.3. The van der Waals surface area contributed by atoms with E-state index in [1.54, 1.807) is 6.07 Å². The molecule has 0 aliphatic carbocycles. The number of ether oxygens (including phenoxy) is 1. The molecule has 28 heavy (non-hydrogen) atoms. The molecule has 152 valence electrons. The van der Waals surface area contributed by atoms with Gasteiger partial charge in [-0.25, -0.2) is 4.99 Å². The highest BCUT2D eigenvalue weighted by atomic mass is 127. The number of phenols is 1. The molecule has 0 saturated carbocycles. The maximum Gasteiger partial charge on any atom is 0.194 e. The van der Waals surface area contributed by atoms with Gasteiger partial charge in [-0.2, -0.15) is 0 Å². The van der Waals surface area contributed by atoms with E-state index < -0.39 is 0 Å². The molecule has 1 fully saturated rings. The van der Waals surface area contributed by atoms with Crippen molar-refractivity contribution in [3.63, 3.8) is 0 Å². The number of likely N-dealkylation sites (tertiary alicyclic amines) is 1. The zero-order chi connectivity index (χ0) is 19.1. The second kappa shape index (κ2) is 11.1. The third-order valence-corrected chi connectivity index (χ3v) is 4.83. The van der Waals surface area contributed by atoms with Crippen LogP contribution in [-0.4, -0.2) is 42.2 Å². The summed E-state index contributed by atoms with van der Waals surface area (Å²) in [5, 5.41) is 13.3. The van der Waals surface area contributed by atoms with Crippen LogP contribution in [-0.2, 0) is 6.54 Å². The van der Waals surface area contributed by atoms with E-state index in [1.807, 2.05) is 19.1 Å². The molecule has 0 amide bonds. The summed E-state index contributed by atoms with van der Waals surface area (Å²) in [4.78, 5) is 7.16. The van der Waals surface area contributed by atoms with Crippen LogP contribution in [0.3, 0.4) is 0 Å². The quantitative estimate of drug-likeness (QED) is 0.355. The number of halogens is 1. The fourth-order valence-corrected chi connectivity index (χ4v) is 3.47. The van der Waals surface area contributed by atoms with Gasteiger partial charge in [0.25, 0.3) is 0 Å². The van der Waals surface area contributed by atoms with E-state index in [4.69, 9.17) is 9.73 Å². The summed E-state index contributed by atoms with van der Waals surface area (Å²) in [7, 11) is 0. The van der Waals surface area contributed by atoms with Crippen LogP contribution in [0.1, 0.15) is 37.3 Å². The number of aromatic hydroxyl groups is 1. The molecule has 6 heteroatoms. The lowest BCUT2D eigenvalue weighted by Crippen LogP contribution is -2.40. The Hall–Kier alpha value is -1.96. The van der Waals surface area contributed by atoms with Gasteiger partial charge in [-0.15, -0.1) is 24.0 Å². The first-order valence-electron chi connectivity index (χ1n) is 9.74. The van der Waals surface area contributed by atoms with Gasteiger partial charge in [0.05, 0.1) is 13.2 Å². The fraction of sp³-hybridized carbons (Fsp3) is 0.409. The molecule has 1 aliphatic heterocycles. The summed E-state index contributed by atoms with van der Waals surface area (Å²) in [5.74, 6) is 2.18. The van der Waals surface area contributed by atoms with Crippen LogP contribution in [0.15, 0.2) is 53.5 Å². The normalized spacial score (nSPS) is 16.6. The van der Waals surface area contributed by atoms with Crippen LogP contribution in [0.25, 0.3) is 0 Å². The molecular weight excluding hydrogens is 465 g/mol. The topological polar surface area (TPSA) is 57.1 Å². The zero-order valence-corrected chi connectivity index (χ0v) is 18.9. The van der Waals surface area contributed by atoms with Crippen molar-refractivity contribution in [1.82, 2.24) is 10.2 Å². The van der Waals surface area contributed by atoms with Gasteiger partial charge in [-0.3, -0.25) is 0 Å². The van der Waals surface area contributed by atoms with Crippen molar-refractivity contribution in [2.24, 2.45) is 4.99 Å². The molecular formula is C22H30IN3O2. The van der Waals surface area contributed by atoms with Crippen molar-refractivity contribution < 1.29 is 9.84 Å². The third kappa shape index (κ3) is 5.77. The molecule has 1 atom stereocenters. The predicted octanol–water partition coefficient (Wildman–Crippen LogP) is 4.36. The summed E-state index contributed by atoms with van der Waals surface area (Å²) in [6.45, 7) is 7.90. The predicted molar refractivity (Wildman–Crippen MR) is 125 cm³/mol. The number of phenolic OH excluding ortho intramolecular Hbond substituents is 1. The molecule has 1 heterocycles. The van der Waals surface area contributed by atoms with Crippen molar-refractivity contribution in [3.05, 3.63) is 59.7 Å². The molecule has 0 radical (unpaired) electrons. The Morgan fingerprint density at radius 3 is 2.71 bits per heavy atom. The minimum Gasteiger partial charge on any atom is -0.504 e. The lowest BCUT2D eigenvalue weighted by atomic mass is 9.99. The van der Waals surface area contributed by atoms with Crippen LogP contribution in [0.5, 0.6) is 11.5 Å². The highest BCUT2D eigenvalue weighted by molar-refractivity contribution is 14.0. The van der Waals surface area contributed by atoms with E-state index in [0.717, 1.165) is 37.6 Å². The zero-order valence-electron chi connectivity index (χ0n) is 16.6. The molecule has 3 rings (SSSR count). The minimum atomic E-state index is 0. The van der Waals surface area contributed by atoms with E-state index in [9.17, 15) is 5.11 Å². The maximum atomic E-state index is 9.86. The Labute approximate surface area is 184 Å². The number of benzene rings is 2. The standard InChI is InChI=1S/C22H29N3O2.HI/c1-3-23-22(24-15-17-10-11-20(26)21(14-17)27-4-2)25-13-12-19(16-25)18-8-6-5-7-9-18;/h5-11,14,19,26H,3-4,12-13,15-16H2,1-2H3,(H,23,24);1H. The van der Waals surface area contributed by atoms with Gasteiger partial charge in [0, 0.05) is 25.6 Å². The molecule has 5 nitrogen and oxygen atoms in total. The summed E-state index contributed by atoms with van der Waals surface area (Å²) in [6.07, 6.45) is 1.14. The number of nitrogens with one attached hydrogen (secondary N) is 1. The van der Waals surface area contributed by atoms with Gasteiger partial charge in [0.1, 0.15) is 0 Å². The minimum absolute atomic E-state index is 0. The van der Waals surface area contributed by atoms with E-state index in [2.05, 4.69) is 47.5 Å². The van der Waals surface area contributed by atoms with Crippen LogP contribution < -0.4 is 10.1 Å². The van der Waals surface area contributed by atoms with Crippen molar-refractivity contribution in [1.29, 1.82) is 0 Å². The number of hydrogen-bond acceptors (Lipinski definition) is 3. The number of nitrogens with zero attached hydrogens (tertiary/aromatic N) is 2. The molecule has 1 unspecified atom stereocenters. The molecule has 2 aromatic carbocycles. The molecule has 2 N–H and O–H groups in total. The number of aliphatic imine (C=N–C) groups is 1. The van der Waals surface area contributed by atoms with E-state index in [0.29, 0.717) is 24.8 Å². The Balaban J connectivity index is 0.00000280. The largest absolute Gasteiger partial charge is 0.504 e. The third-order valence-electron chi connectivity index (χ3n) is 4.83. The van der Waals surface area contributed by atoms with Crippen LogP contribution in [0.2, 0.25) is 0 Å². The molecule has 2 aromatic rings. The summed E-state index contributed by atoms with van der Waals surface area (Å²) >= 11 is 0. The maximum absolute atomic E-state index is 9.86. The molecule has 0 aromatic heterocycles. The van der Waals surface area contributed by atoms with Crippen molar-refractivity contribution in [2.45, 2.75) is 32.7 Å². The Morgan fingerprint density at radius 1 is 1.21 bits per heavy atom. The molecule has 0 bridgehead atoms. The Kier molecular flexibility index (Phi) is 8.89. The molecule has 1 saturated heterocycles. The lowest BCUT2D eigenvalue weighted by Gasteiger charge is -2.22. The molecule has 0 spiro atoms. The van der Waals surface area contributed by atoms with Crippen LogP contribution >= 0.6 is 24.0 Å². The van der Waals surface area contributed by atoms with E-state index in [-0.39, 0.29) is 29.7 Å². The van der Waals surface area contributed by atoms with Gasteiger partial charge >= 0.3 is 0 Å². The number of guanidine groups is 1. The lowest BCUT2D eigenvalue weighted by molar-refractivity contribution is 0.318. The van der Waals surface area contributed by atoms with Gasteiger partial charge in [0.15, 0.2) is 17.5 Å². The highest BCUT2D eigenvalue weighted by Crippen LogP contribution is 2.28. The molecule has 1 aliphatic rings. The fourth-order valence-electron chi connectivity index (χ4n) is 3.47. The second-order valence-corrected chi connectivity index (χ2v) is 6.75. The summed E-state index contributed by atoms with van der Waals surface area (Å²) < 4.78 is 5.47. The van der Waals surface area contributed by atoms with Crippen molar-refractivity contribution in [2.75, 3.05) is 26.2 Å². The van der Waals surface area contributed by atoms with E-state index >= 15 is 0 Å². The first-order valence-corrected chi connectivity index (χ1v) is 9.74. The SMILES string of the molecule is CCNC(=NCc1ccc(O)c(OCC)c1)N1CCC(c2ccccc2)C1.I. The van der Waals surface area contributed by atoms with Crippen molar-refractivity contribution >= 4 is 29.9 Å². The first-order chi connectivity index (χ1) is 13.2. The van der Waals surface area contributed by atoms with Gasteiger partial charge in [-0.1, -0.05) is 36.4 Å². The van der Waals surface area contributed by atoms with Crippen LogP contribution in [0.4, 0.5) is 0 Å². The monoisotopic (exact) mass is 495 g/mol. The number of hydrogen-bond donors (Lipinski definition) is 2. The average molecular weight is 495 g/mol. The van der Waals surface area contributed by atoms with Gasteiger partial charge < -0.3 is 20.1 Å². The summed E-state index contributed by atoms with van der Waals surface area (Å²) in [5.41, 5.74) is 2.42. The Morgan fingerprint density at radius 2 is 2.00 bits per heavy atom. The smallest absolute Gasteiger partial charge is 0.194 e. The van der Waals surface area contributed by atoms with E-state index in [1.165, 1.54) is 5.56 Å². The average Bonchev–Trinajstić information content (AvgIpc) is 3.18. The number of rotatable bonds is 6. The van der Waals surface area contributed by atoms with Crippen molar-refractivity contribution in [3.8, 4) is 11.5 Å². The van der Waals surface area contributed by atoms with Gasteiger partial charge in [0.2, 0.25) is 0 Å². The highest BCUT2D eigenvalue weighted by Gasteiger charge is 2.25. The second-order valence-electron chi connectivity index (χ2n) is 6.75.